The maximum atomic E-state index is 4.36. The second-order valence-corrected chi connectivity index (χ2v) is 6.43. The number of hydrogen-bond donors (Lipinski definition) is 2. The quantitative estimate of drug-likeness (QED) is 0.459. The van der Waals surface area contributed by atoms with Crippen LogP contribution in [-0.2, 0) is 12.8 Å². The van der Waals surface area contributed by atoms with Crippen LogP contribution in [0.4, 0.5) is 0 Å². The molecule has 1 aliphatic rings. The van der Waals surface area contributed by atoms with Gasteiger partial charge in [0, 0.05) is 39.3 Å². The van der Waals surface area contributed by atoms with Crippen LogP contribution in [0.3, 0.4) is 0 Å². The van der Waals surface area contributed by atoms with Crippen molar-refractivity contribution < 1.29 is 0 Å². The Morgan fingerprint density at radius 2 is 1.92 bits per heavy atom. The van der Waals surface area contributed by atoms with E-state index in [-0.39, 0.29) is 0 Å². The molecule has 132 valence electrons. The van der Waals surface area contributed by atoms with Crippen molar-refractivity contribution in [3.05, 3.63) is 48.0 Å². The zero-order valence-corrected chi connectivity index (χ0v) is 15.2. The minimum atomic E-state index is 0.515. The van der Waals surface area contributed by atoms with Crippen LogP contribution in [0, 0.1) is 0 Å². The fourth-order valence-electron chi connectivity index (χ4n) is 3.10. The Kier molecular flexibility index (Phi) is 7.83. The van der Waals surface area contributed by atoms with Crippen LogP contribution in [0.2, 0.25) is 0 Å². The normalized spacial score (nSPS) is 16.8. The number of aliphatic imine (C=N–C) groups is 1. The summed E-state index contributed by atoms with van der Waals surface area (Å²) < 4.78 is 0. The maximum Gasteiger partial charge on any atom is 0.191 e. The molecular weight excluding hydrogens is 296 g/mol. The smallest absolute Gasteiger partial charge is 0.191 e. The molecule has 0 spiro atoms. The van der Waals surface area contributed by atoms with E-state index >= 15 is 0 Å². The SMILES string of the molecule is C=CCN1CCC(NC(=NC)NCCc2ccc(CC)cc2)CC1. The summed E-state index contributed by atoms with van der Waals surface area (Å²) in [6.07, 6.45) is 6.42. The molecule has 4 nitrogen and oxygen atoms in total. The van der Waals surface area contributed by atoms with Crippen LogP contribution in [0.15, 0.2) is 41.9 Å². The van der Waals surface area contributed by atoms with Crippen LogP contribution in [0.1, 0.15) is 30.9 Å². The Balaban J connectivity index is 1.69. The largest absolute Gasteiger partial charge is 0.356 e. The first-order valence-corrected chi connectivity index (χ1v) is 9.13. The summed E-state index contributed by atoms with van der Waals surface area (Å²) in [7, 11) is 1.85. The van der Waals surface area contributed by atoms with Gasteiger partial charge >= 0.3 is 0 Å². The molecule has 0 atom stereocenters. The van der Waals surface area contributed by atoms with Crippen molar-refractivity contribution in [1.82, 2.24) is 15.5 Å². The number of likely N-dealkylation sites (tertiary alicyclic amines) is 1. The molecule has 0 bridgehead atoms. The van der Waals surface area contributed by atoms with Crippen molar-refractivity contribution in [3.8, 4) is 0 Å². The third kappa shape index (κ3) is 6.00. The summed E-state index contributed by atoms with van der Waals surface area (Å²) in [5.74, 6) is 0.919. The first-order valence-electron chi connectivity index (χ1n) is 9.13. The molecule has 24 heavy (non-hydrogen) atoms. The van der Waals surface area contributed by atoms with Gasteiger partial charge in [0.15, 0.2) is 5.96 Å². The molecular formula is C20H32N4. The molecule has 1 aromatic rings. The summed E-state index contributed by atoms with van der Waals surface area (Å²) in [5, 5.41) is 7.00. The average molecular weight is 329 g/mol. The lowest BCUT2D eigenvalue weighted by Gasteiger charge is -2.32. The van der Waals surface area contributed by atoms with E-state index in [9.17, 15) is 0 Å². The van der Waals surface area contributed by atoms with Crippen molar-refractivity contribution >= 4 is 5.96 Å². The molecule has 0 amide bonds. The summed E-state index contributed by atoms with van der Waals surface area (Å²) in [4.78, 5) is 6.81. The number of guanidine groups is 1. The highest BCUT2D eigenvalue weighted by Crippen LogP contribution is 2.10. The number of piperidine rings is 1. The Morgan fingerprint density at radius 3 is 2.50 bits per heavy atom. The van der Waals surface area contributed by atoms with E-state index in [0.29, 0.717) is 6.04 Å². The van der Waals surface area contributed by atoms with Crippen molar-refractivity contribution in [2.24, 2.45) is 4.99 Å². The van der Waals surface area contributed by atoms with E-state index in [1.54, 1.807) is 0 Å². The maximum absolute atomic E-state index is 4.36. The van der Waals surface area contributed by atoms with E-state index in [0.717, 1.165) is 57.8 Å². The van der Waals surface area contributed by atoms with Crippen molar-refractivity contribution in [2.45, 2.75) is 38.6 Å². The Bertz CT molecular complexity index is 513. The number of nitrogens with one attached hydrogen (secondary N) is 2. The molecule has 1 fully saturated rings. The average Bonchev–Trinajstić information content (AvgIpc) is 2.63. The zero-order valence-electron chi connectivity index (χ0n) is 15.2. The minimum absolute atomic E-state index is 0.515. The van der Waals surface area contributed by atoms with Crippen LogP contribution in [0.25, 0.3) is 0 Å². The van der Waals surface area contributed by atoms with Gasteiger partial charge in [-0.3, -0.25) is 9.89 Å². The van der Waals surface area contributed by atoms with E-state index in [4.69, 9.17) is 0 Å². The Labute approximate surface area is 147 Å². The highest BCUT2D eigenvalue weighted by molar-refractivity contribution is 5.79. The molecule has 4 heteroatoms. The molecule has 0 aliphatic carbocycles. The van der Waals surface area contributed by atoms with Crippen LogP contribution in [0.5, 0.6) is 0 Å². The fraction of sp³-hybridized carbons (Fsp3) is 0.550. The van der Waals surface area contributed by atoms with Gasteiger partial charge in [0.1, 0.15) is 0 Å². The fourth-order valence-corrected chi connectivity index (χ4v) is 3.10. The van der Waals surface area contributed by atoms with Gasteiger partial charge in [-0.1, -0.05) is 37.3 Å². The first kappa shape index (κ1) is 18.5. The summed E-state index contributed by atoms with van der Waals surface area (Å²) in [5.41, 5.74) is 2.76. The van der Waals surface area contributed by atoms with Gasteiger partial charge in [0.05, 0.1) is 0 Å². The molecule has 1 saturated heterocycles. The highest BCUT2D eigenvalue weighted by Gasteiger charge is 2.18. The molecule has 0 radical (unpaired) electrons. The zero-order chi connectivity index (χ0) is 17.2. The topological polar surface area (TPSA) is 39.7 Å². The van der Waals surface area contributed by atoms with Crippen LogP contribution < -0.4 is 10.6 Å². The Hall–Kier alpha value is -1.81. The van der Waals surface area contributed by atoms with Crippen LogP contribution >= 0.6 is 0 Å². The molecule has 0 saturated carbocycles. The van der Waals surface area contributed by atoms with Gasteiger partial charge < -0.3 is 10.6 Å². The molecule has 2 rings (SSSR count). The Morgan fingerprint density at radius 1 is 1.25 bits per heavy atom. The van der Waals surface area contributed by atoms with Crippen molar-refractivity contribution in [1.29, 1.82) is 0 Å². The van der Waals surface area contributed by atoms with E-state index in [1.165, 1.54) is 11.1 Å². The molecule has 1 aliphatic heterocycles. The summed E-state index contributed by atoms with van der Waals surface area (Å²) >= 11 is 0. The van der Waals surface area contributed by atoms with Crippen LogP contribution in [-0.4, -0.2) is 50.1 Å². The number of nitrogens with zero attached hydrogens (tertiary/aromatic N) is 2. The van der Waals surface area contributed by atoms with E-state index in [2.05, 4.69) is 58.3 Å². The number of rotatable bonds is 7. The van der Waals surface area contributed by atoms with Gasteiger partial charge in [-0.25, -0.2) is 0 Å². The molecule has 1 heterocycles. The lowest BCUT2D eigenvalue weighted by molar-refractivity contribution is 0.225. The molecule has 0 aromatic heterocycles. The highest BCUT2D eigenvalue weighted by atomic mass is 15.2. The van der Waals surface area contributed by atoms with Crippen molar-refractivity contribution in [3.63, 3.8) is 0 Å². The number of aryl methyl sites for hydroxylation is 1. The molecule has 2 N–H and O–H groups in total. The third-order valence-electron chi connectivity index (χ3n) is 4.68. The van der Waals surface area contributed by atoms with Gasteiger partial charge in [-0.05, 0) is 36.8 Å². The third-order valence-corrected chi connectivity index (χ3v) is 4.68. The number of hydrogen-bond acceptors (Lipinski definition) is 2. The van der Waals surface area contributed by atoms with E-state index < -0.39 is 0 Å². The first-order chi connectivity index (χ1) is 11.7. The lowest BCUT2D eigenvalue weighted by Crippen LogP contribution is -2.49. The number of benzene rings is 1. The molecule has 1 aromatic carbocycles. The van der Waals surface area contributed by atoms with Gasteiger partial charge in [0.2, 0.25) is 0 Å². The van der Waals surface area contributed by atoms with Gasteiger partial charge in [0.25, 0.3) is 0 Å². The second-order valence-electron chi connectivity index (χ2n) is 6.43. The summed E-state index contributed by atoms with van der Waals surface area (Å²) in [6, 6.07) is 9.41. The van der Waals surface area contributed by atoms with Crippen molar-refractivity contribution in [2.75, 3.05) is 33.2 Å². The minimum Gasteiger partial charge on any atom is -0.356 e. The predicted molar refractivity (Wildman–Crippen MR) is 104 cm³/mol. The predicted octanol–water partition coefficient (Wildman–Crippen LogP) is 2.61. The molecule has 0 unspecified atom stereocenters. The van der Waals surface area contributed by atoms with Gasteiger partial charge in [-0.2, -0.15) is 0 Å². The lowest BCUT2D eigenvalue weighted by atomic mass is 10.1. The summed E-state index contributed by atoms with van der Waals surface area (Å²) in [6.45, 7) is 10.2. The standard InChI is InChI=1S/C20H32N4/c1-4-14-24-15-11-19(12-16-24)23-20(21-3)22-13-10-18-8-6-17(5-2)7-9-18/h4,6-9,19H,1,5,10-16H2,2-3H3,(H2,21,22,23). The second kappa shape index (κ2) is 10.1. The van der Waals surface area contributed by atoms with Gasteiger partial charge in [-0.15, -0.1) is 6.58 Å². The van der Waals surface area contributed by atoms with E-state index in [1.807, 2.05) is 13.1 Å². The monoisotopic (exact) mass is 328 g/mol.